The van der Waals surface area contributed by atoms with Crippen LogP contribution < -0.4 is 9.44 Å². The van der Waals surface area contributed by atoms with Gasteiger partial charge in [-0.25, -0.2) is 9.71 Å². The number of nitrogens with zero attached hydrogens (tertiary/aromatic N) is 1. The van der Waals surface area contributed by atoms with Crippen molar-refractivity contribution in [3.05, 3.63) is 9.98 Å². The van der Waals surface area contributed by atoms with E-state index in [9.17, 15) is 8.42 Å². The van der Waals surface area contributed by atoms with Gasteiger partial charge in [-0.15, -0.1) is 0 Å². The summed E-state index contributed by atoms with van der Waals surface area (Å²) in [6.45, 7) is 2.31. The summed E-state index contributed by atoms with van der Waals surface area (Å²) in [4.78, 5) is 3.85. The molecular weight excluding hydrogens is 290 g/mol. The van der Waals surface area contributed by atoms with Crippen molar-refractivity contribution < 1.29 is 8.42 Å². The fourth-order valence-corrected chi connectivity index (χ4v) is 2.97. The molecule has 5 nitrogen and oxygen atoms in total. The Bertz CT molecular complexity index is 390. The predicted octanol–water partition coefficient (Wildman–Crippen LogP) is 1.56. The normalized spacial score (nSPS) is 11.6. The van der Waals surface area contributed by atoms with Crippen molar-refractivity contribution in [2.75, 3.05) is 11.3 Å². The summed E-state index contributed by atoms with van der Waals surface area (Å²) in [5, 5.41) is 0.348. The maximum Gasteiger partial charge on any atom is 0.300 e. The molecule has 1 aromatic heterocycles. The standard InChI is InChI=1S/C6H10BrN3O2S2/c1-2-3-9-14(11,12)10-6-8-4-5(7)13-6/h4,9H,2-3H2,1H3,(H,8,10). The van der Waals surface area contributed by atoms with Gasteiger partial charge in [-0.1, -0.05) is 18.3 Å². The summed E-state index contributed by atoms with van der Waals surface area (Å²) in [5.74, 6) is 0. The van der Waals surface area contributed by atoms with Crippen LogP contribution in [0, 0.1) is 0 Å². The van der Waals surface area contributed by atoms with Crippen LogP contribution in [0.25, 0.3) is 0 Å². The number of rotatable bonds is 5. The van der Waals surface area contributed by atoms with Crippen LogP contribution in [-0.2, 0) is 10.2 Å². The molecule has 8 heteroatoms. The van der Waals surface area contributed by atoms with Gasteiger partial charge in [0.05, 0.1) is 9.98 Å². The summed E-state index contributed by atoms with van der Waals surface area (Å²) in [6, 6.07) is 0. The van der Waals surface area contributed by atoms with Crippen LogP contribution in [-0.4, -0.2) is 19.9 Å². The molecule has 1 aromatic rings. The number of anilines is 1. The first-order valence-corrected chi connectivity index (χ1v) is 7.01. The van der Waals surface area contributed by atoms with Gasteiger partial charge in [0.2, 0.25) is 0 Å². The van der Waals surface area contributed by atoms with E-state index in [1.54, 1.807) is 6.20 Å². The quantitative estimate of drug-likeness (QED) is 0.867. The van der Waals surface area contributed by atoms with Gasteiger partial charge in [0.15, 0.2) is 5.13 Å². The molecule has 0 aliphatic carbocycles. The zero-order valence-electron chi connectivity index (χ0n) is 7.45. The highest BCUT2D eigenvalue weighted by atomic mass is 79.9. The Morgan fingerprint density at radius 1 is 1.64 bits per heavy atom. The second-order valence-electron chi connectivity index (χ2n) is 2.47. The fraction of sp³-hybridized carbons (Fsp3) is 0.500. The molecule has 0 aliphatic heterocycles. The molecular formula is C6H10BrN3O2S2. The molecule has 1 heterocycles. The van der Waals surface area contributed by atoms with E-state index in [1.807, 2.05) is 6.92 Å². The molecule has 0 aromatic carbocycles. The van der Waals surface area contributed by atoms with E-state index < -0.39 is 10.2 Å². The Kier molecular flexibility index (Phi) is 4.30. The third-order valence-corrected chi connectivity index (χ3v) is 3.81. The van der Waals surface area contributed by atoms with Crippen LogP contribution >= 0.6 is 27.3 Å². The van der Waals surface area contributed by atoms with Crippen molar-refractivity contribution >= 4 is 42.6 Å². The largest absolute Gasteiger partial charge is 0.300 e. The molecule has 0 saturated heterocycles. The number of thiazole rings is 1. The number of hydrogen-bond acceptors (Lipinski definition) is 4. The van der Waals surface area contributed by atoms with Gasteiger partial charge in [-0.2, -0.15) is 13.1 Å². The van der Waals surface area contributed by atoms with E-state index in [1.165, 1.54) is 11.3 Å². The lowest BCUT2D eigenvalue weighted by Crippen LogP contribution is -2.30. The van der Waals surface area contributed by atoms with Crippen LogP contribution in [0.2, 0.25) is 0 Å². The number of hydrogen-bond donors (Lipinski definition) is 2. The monoisotopic (exact) mass is 299 g/mol. The lowest BCUT2D eigenvalue weighted by Gasteiger charge is -2.04. The molecule has 0 amide bonds. The lowest BCUT2D eigenvalue weighted by molar-refractivity contribution is 0.586. The second-order valence-corrected chi connectivity index (χ2v) is 6.38. The highest BCUT2D eigenvalue weighted by molar-refractivity contribution is 9.11. The first-order chi connectivity index (χ1) is 6.53. The highest BCUT2D eigenvalue weighted by Gasteiger charge is 2.10. The summed E-state index contributed by atoms with van der Waals surface area (Å²) in [5.41, 5.74) is 0. The summed E-state index contributed by atoms with van der Waals surface area (Å²) < 4.78 is 28.1. The van der Waals surface area contributed by atoms with Crippen LogP contribution in [0.3, 0.4) is 0 Å². The first-order valence-electron chi connectivity index (χ1n) is 3.92. The maximum atomic E-state index is 11.3. The van der Waals surface area contributed by atoms with Crippen molar-refractivity contribution in [2.45, 2.75) is 13.3 Å². The van der Waals surface area contributed by atoms with E-state index >= 15 is 0 Å². The SMILES string of the molecule is CCCNS(=O)(=O)Nc1ncc(Br)s1. The molecule has 0 saturated carbocycles. The van der Waals surface area contributed by atoms with Gasteiger partial charge in [-0.05, 0) is 22.4 Å². The predicted molar refractivity (Wildman–Crippen MR) is 60.7 cm³/mol. The lowest BCUT2D eigenvalue weighted by atomic mass is 10.5. The Labute approximate surface area is 95.2 Å². The van der Waals surface area contributed by atoms with Crippen LogP contribution in [0.4, 0.5) is 5.13 Å². The molecule has 0 radical (unpaired) electrons. The minimum absolute atomic E-state index is 0.348. The summed E-state index contributed by atoms with van der Waals surface area (Å²) in [7, 11) is -3.46. The van der Waals surface area contributed by atoms with E-state index in [4.69, 9.17) is 0 Å². The molecule has 2 N–H and O–H groups in total. The molecule has 80 valence electrons. The van der Waals surface area contributed by atoms with Crippen LogP contribution in [0.1, 0.15) is 13.3 Å². The molecule has 0 unspecified atom stereocenters. The molecule has 0 spiro atoms. The van der Waals surface area contributed by atoms with Gasteiger partial charge < -0.3 is 0 Å². The third-order valence-electron chi connectivity index (χ3n) is 1.24. The minimum Gasteiger partial charge on any atom is -0.246 e. The maximum absolute atomic E-state index is 11.3. The van der Waals surface area contributed by atoms with Crippen LogP contribution in [0.15, 0.2) is 9.98 Å². The molecule has 14 heavy (non-hydrogen) atoms. The Morgan fingerprint density at radius 2 is 2.36 bits per heavy atom. The molecule has 0 atom stereocenters. The van der Waals surface area contributed by atoms with Crippen molar-refractivity contribution in [3.63, 3.8) is 0 Å². The number of aromatic nitrogens is 1. The van der Waals surface area contributed by atoms with E-state index in [2.05, 4.69) is 30.4 Å². The third kappa shape index (κ3) is 3.91. The second kappa shape index (κ2) is 5.06. The topological polar surface area (TPSA) is 71.1 Å². The summed E-state index contributed by atoms with van der Waals surface area (Å²) >= 11 is 4.42. The Hall–Kier alpha value is -0.180. The minimum atomic E-state index is -3.46. The zero-order valence-corrected chi connectivity index (χ0v) is 10.7. The first kappa shape index (κ1) is 11.9. The van der Waals surface area contributed by atoms with Crippen molar-refractivity contribution in [1.29, 1.82) is 0 Å². The average molecular weight is 300 g/mol. The van der Waals surface area contributed by atoms with Crippen molar-refractivity contribution in [1.82, 2.24) is 9.71 Å². The van der Waals surface area contributed by atoms with Crippen molar-refractivity contribution in [2.24, 2.45) is 0 Å². The van der Waals surface area contributed by atoms with Gasteiger partial charge in [0.25, 0.3) is 0 Å². The highest BCUT2D eigenvalue weighted by Crippen LogP contribution is 2.23. The average Bonchev–Trinajstić information content (AvgIpc) is 2.47. The Balaban J connectivity index is 2.59. The number of nitrogens with one attached hydrogen (secondary N) is 2. The molecule has 0 aliphatic rings. The van der Waals surface area contributed by atoms with Gasteiger partial charge in [-0.3, -0.25) is 0 Å². The van der Waals surface area contributed by atoms with Crippen LogP contribution in [0.5, 0.6) is 0 Å². The number of halogens is 1. The Morgan fingerprint density at radius 3 is 2.86 bits per heavy atom. The summed E-state index contributed by atoms with van der Waals surface area (Å²) in [6.07, 6.45) is 2.30. The van der Waals surface area contributed by atoms with Gasteiger partial charge in [0, 0.05) is 6.54 Å². The molecule has 0 fully saturated rings. The van der Waals surface area contributed by atoms with Gasteiger partial charge in [0.1, 0.15) is 0 Å². The zero-order chi connectivity index (χ0) is 10.6. The smallest absolute Gasteiger partial charge is 0.246 e. The molecule has 1 rings (SSSR count). The van der Waals surface area contributed by atoms with Crippen molar-refractivity contribution in [3.8, 4) is 0 Å². The van der Waals surface area contributed by atoms with E-state index in [0.29, 0.717) is 11.7 Å². The van der Waals surface area contributed by atoms with E-state index in [0.717, 1.165) is 10.2 Å². The van der Waals surface area contributed by atoms with E-state index in [-0.39, 0.29) is 0 Å². The fourth-order valence-electron chi connectivity index (χ4n) is 0.689. The molecule has 0 bridgehead atoms. The van der Waals surface area contributed by atoms with Gasteiger partial charge >= 0.3 is 10.2 Å².